The van der Waals surface area contributed by atoms with Gasteiger partial charge in [0.2, 0.25) is 10.0 Å². The molecule has 0 saturated carbocycles. The minimum atomic E-state index is -3.41. The Hall–Kier alpha value is -1.32. The highest BCUT2D eigenvalue weighted by Crippen LogP contribution is 2.38. The van der Waals surface area contributed by atoms with Gasteiger partial charge in [0, 0.05) is 23.9 Å². The number of Topliss-reactive ketones (excluding diaryl/α,β-unsaturated/α-hetero) is 3. The van der Waals surface area contributed by atoms with E-state index in [1.54, 1.807) is 20.8 Å². The monoisotopic (exact) mass is 707 g/mol. The Labute approximate surface area is 291 Å². The lowest BCUT2D eigenvalue weighted by Gasteiger charge is -2.39. The Morgan fingerprint density at radius 2 is 1.10 bits per heavy atom. The third-order valence-corrected chi connectivity index (χ3v) is 10.2. The van der Waals surface area contributed by atoms with Crippen molar-refractivity contribution >= 4 is 27.4 Å². The van der Waals surface area contributed by atoms with Crippen LogP contribution in [0, 0.1) is 16.2 Å². The van der Waals surface area contributed by atoms with Gasteiger partial charge in [-0.2, -0.15) is 0 Å². The molecule has 0 aromatic carbocycles. The lowest BCUT2D eigenvalue weighted by Crippen LogP contribution is -2.54. The van der Waals surface area contributed by atoms with Crippen LogP contribution in [-0.2, 0) is 43.4 Å². The van der Waals surface area contributed by atoms with Crippen LogP contribution in [0.5, 0.6) is 0 Å². The molecule has 0 bridgehead atoms. The molecule has 0 aromatic rings. The molecule has 0 aromatic heterocycles. The SMILES string of the molecule is CNS(=O)(=O)CC(C)(C)CC(C)(C)C(=O)C(C)(C)NCCOCCOCC(=O)C(C)(C)NCCOCCOC(C)(C)CC(C)(C)C(C)=O. The van der Waals surface area contributed by atoms with E-state index in [0.29, 0.717) is 59.0 Å². The standard InChI is InChI=1S/C35H69N3O9S/c1-27(39)31(4,5)25-33(8,9)47-22-21-45-17-15-37-34(10,11)28(40)23-46-20-19-44-18-16-38-35(12,13)29(41)32(6,7)24-30(2,3)26-48(42,43)36-14/h36-38H,15-26H2,1-14H3. The Kier molecular flexibility index (Phi) is 18.8. The molecular weight excluding hydrogens is 638 g/mol. The number of hydrogen-bond acceptors (Lipinski definition) is 11. The lowest BCUT2D eigenvalue weighted by molar-refractivity contribution is -0.134. The van der Waals surface area contributed by atoms with Crippen LogP contribution in [0.3, 0.4) is 0 Å². The smallest absolute Gasteiger partial charge is 0.211 e. The number of nitrogens with one attached hydrogen (secondary N) is 3. The number of sulfonamides is 1. The zero-order valence-corrected chi connectivity index (χ0v) is 33.4. The minimum Gasteiger partial charge on any atom is -0.378 e. The van der Waals surface area contributed by atoms with Crippen LogP contribution in [0.15, 0.2) is 0 Å². The van der Waals surface area contributed by atoms with E-state index in [9.17, 15) is 22.8 Å². The molecule has 0 aliphatic carbocycles. The number of rotatable bonds is 28. The van der Waals surface area contributed by atoms with Gasteiger partial charge in [-0.25, -0.2) is 13.1 Å². The van der Waals surface area contributed by atoms with Crippen molar-refractivity contribution in [2.75, 3.05) is 72.1 Å². The highest BCUT2D eigenvalue weighted by atomic mass is 32.2. The molecule has 12 nitrogen and oxygen atoms in total. The van der Waals surface area contributed by atoms with Crippen molar-refractivity contribution in [3.05, 3.63) is 0 Å². The van der Waals surface area contributed by atoms with Crippen LogP contribution in [0.25, 0.3) is 0 Å². The molecule has 13 heteroatoms. The van der Waals surface area contributed by atoms with Gasteiger partial charge < -0.3 is 29.6 Å². The number of ether oxygens (including phenoxy) is 4. The van der Waals surface area contributed by atoms with Gasteiger partial charge in [-0.15, -0.1) is 0 Å². The summed E-state index contributed by atoms with van der Waals surface area (Å²) in [6.07, 6.45) is 1.03. The second kappa shape index (κ2) is 19.3. The fourth-order valence-corrected chi connectivity index (χ4v) is 7.37. The van der Waals surface area contributed by atoms with E-state index < -0.39 is 42.9 Å². The number of carbonyl (C=O) groups is 3. The zero-order chi connectivity index (χ0) is 37.7. The normalized spacial score (nSPS) is 14.0. The Bertz CT molecular complexity index is 1130. The summed E-state index contributed by atoms with van der Waals surface area (Å²) in [4.78, 5) is 37.9. The summed E-state index contributed by atoms with van der Waals surface area (Å²) in [6.45, 7) is 27.1. The molecule has 0 aliphatic rings. The summed E-state index contributed by atoms with van der Waals surface area (Å²) in [5, 5.41) is 6.46. The lowest BCUT2D eigenvalue weighted by atomic mass is 9.69. The number of ketones is 3. The fraction of sp³-hybridized carbons (Fsp3) is 0.914. The molecule has 48 heavy (non-hydrogen) atoms. The van der Waals surface area contributed by atoms with E-state index >= 15 is 0 Å². The zero-order valence-electron chi connectivity index (χ0n) is 32.6. The van der Waals surface area contributed by atoms with E-state index in [2.05, 4.69) is 15.4 Å². The molecule has 0 aliphatic heterocycles. The molecular formula is C35H69N3O9S. The van der Waals surface area contributed by atoms with Crippen LogP contribution < -0.4 is 15.4 Å². The van der Waals surface area contributed by atoms with Crippen LogP contribution in [-0.4, -0.2) is 115 Å². The molecule has 0 unspecified atom stereocenters. The number of hydrogen-bond donors (Lipinski definition) is 3. The maximum atomic E-state index is 13.4. The first-order chi connectivity index (χ1) is 21.6. The maximum absolute atomic E-state index is 13.4. The second-order valence-electron chi connectivity index (χ2n) is 16.5. The van der Waals surface area contributed by atoms with E-state index in [1.807, 2.05) is 69.2 Å². The van der Waals surface area contributed by atoms with Gasteiger partial charge in [0.05, 0.1) is 62.1 Å². The minimum absolute atomic E-state index is 0.00529. The predicted molar refractivity (Wildman–Crippen MR) is 191 cm³/mol. The van der Waals surface area contributed by atoms with Crippen molar-refractivity contribution in [3.63, 3.8) is 0 Å². The molecule has 0 heterocycles. The summed E-state index contributed by atoms with van der Waals surface area (Å²) >= 11 is 0. The Morgan fingerprint density at radius 1 is 0.625 bits per heavy atom. The van der Waals surface area contributed by atoms with E-state index in [4.69, 9.17) is 18.9 Å². The predicted octanol–water partition coefficient (Wildman–Crippen LogP) is 3.70. The first-order valence-corrected chi connectivity index (χ1v) is 18.6. The van der Waals surface area contributed by atoms with Gasteiger partial charge in [0.15, 0.2) is 11.6 Å². The Balaban J connectivity index is 4.29. The third-order valence-electron chi connectivity index (χ3n) is 8.46. The molecule has 0 spiro atoms. The van der Waals surface area contributed by atoms with Crippen LogP contribution in [0.2, 0.25) is 0 Å². The van der Waals surface area contributed by atoms with Crippen molar-refractivity contribution in [3.8, 4) is 0 Å². The highest BCUT2D eigenvalue weighted by Gasteiger charge is 2.43. The second-order valence-corrected chi connectivity index (χ2v) is 18.5. The number of carbonyl (C=O) groups excluding carboxylic acids is 3. The van der Waals surface area contributed by atoms with Gasteiger partial charge in [-0.1, -0.05) is 41.5 Å². The van der Waals surface area contributed by atoms with Crippen molar-refractivity contribution in [2.24, 2.45) is 16.2 Å². The highest BCUT2D eigenvalue weighted by molar-refractivity contribution is 7.89. The molecule has 0 radical (unpaired) electrons. The van der Waals surface area contributed by atoms with Crippen molar-refractivity contribution in [1.82, 2.24) is 15.4 Å². The fourth-order valence-electron chi connectivity index (χ4n) is 6.09. The molecule has 0 amide bonds. The van der Waals surface area contributed by atoms with E-state index in [1.165, 1.54) is 7.05 Å². The molecule has 0 saturated heterocycles. The van der Waals surface area contributed by atoms with Gasteiger partial charge >= 0.3 is 0 Å². The van der Waals surface area contributed by atoms with Gasteiger partial charge in [-0.05, 0) is 73.8 Å². The summed E-state index contributed by atoms with van der Waals surface area (Å²) in [5.41, 5.74) is -3.84. The van der Waals surface area contributed by atoms with Crippen molar-refractivity contribution in [2.45, 2.75) is 120 Å². The molecule has 3 N–H and O–H groups in total. The average Bonchev–Trinajstić information content (AvgIpc) is 2.91. The average molecular weight is 708 g/mol. The summed E-state index contributed by atoms with van der Waals surface area (Å²) in [7, 11) is -2.01. The molecule has 0 rings (SSSR count). The summed E-state index contributed by atoms with van der Waals surface area (Å²) < 4.78 is 49.3. The van der Waals surface area contributed by atoms with Crippen molar-refractivity contribution in [1.29, 1.82) is 0 Å². The third kappa shape index (κ3) is 18.6. The van der Waals surface area contributed by atoms with Crippen LogP contribution in [0.4, 0.5) is 0 Å². The first-order valence-electron chi connectivity index (χ1n) is 17.0. The summed E-state index contributed by atoms with van der Waals surface area (Å²) in [6, 6.07) is 0. The largest absolute Gasteiger partial charge is 0.378 e. The molecule has 0 atom stereocenters. The first kappa shape index (κ1) is 46.7. The van der Waals surface area contributed by atoms with Crippen molar-refractivity contribution < 1.29 is 41.7 Å². The van der Waals surface area contributed by atoms with Crippen LogP contribution in [0.1, 0.15) is 103 Å². The van der Waals surface area contributed by atoms with E-state index in [0.717, 1.165) is 0 Å². The Morgan fingerprint density at radius 3 is 1.60 bits per heavy atom. The molecule has 284 valence electrons. The quantitative estimate of drug-likeness (QED) is 0.102. The summed E-state index contributed by atoms with van der Waals surface area (Å²) in [5.74, 6) is -0.0184. The maximum Gasteiger partial charge on any atom is 0.211 e. The topological polar surface area (TPSA) is 158 Å². The molecule has 0 fully saturated rings. The van der Waals surface area contributed by atoms with Gasteiger partial charge in [0.1, 0.15) is 12.4 Å². The van der Waals surface area contributed by atoms with E-state index in [-0.39, 0.29) is 36.3 Å². The van der Waals surface area contributed by atoms with Gasteiger partial charge in [0.25, 0.3) is 0 Å². The van der Waals surface area contributed by atoms with Gasteiger partial charge in [-0.3, -0.25) is 14.4 Å². The van der Waals surface area contributed by atoms with Crippen LogP contribution >= 0.6 is 0 Å².